The molecular weight excluding hydrogens is 484 g/mol. The zero-order valence-corrected chi connectivity index (χ0v) is 20.8. The summed E-state index contributed by atoms with van der Waals surface area (Å²) in [5.41, 5.74) is 1.79. The van der Waals surface area contributed by atoms with Crippen LogP contribution in [0.3, 0.4) is 0 Å². The second-order valence-corrected chi connectivity index (χ2v) is 8.53. The van der Waals surface area contributed by atoms with Crippen LogP contribution in [0.25, 0.3) is 10.8 Å². The molecule has 10 heteroatoms. The van der Waals surface area contributed by atoms with Gasteiger partial charge in [-0.05, 0) is 60.3 Å². The monoisotopic (exact) mass is 508 g/mol. The largest absolute Gasteiger partial charge is 0.493 e. The van der Waals surface area contributed by atoms with E-state index in [9.17, 15) is 5.26 Å². The van der Waals surface area contributed by atoms with Crippen molar-refractivity contribution in [2.75, 3.05) is 38.1 Å². The summed E-state index contributed by atoms with van der Waals surface area (Å²) in [6, 6.07) is 20.1. The number of nitrogens with zero attached hydrogens (tertiary/aromatic N) is 4. The zero-order valence-electron chi connectivity index (χ0n) is 20.8. The first kappa shape index (κ1) is 24.6. The van der Waals surface area contributed by atoms with Gasteiger partial charge >= 0.3 is 0 Å². The van der Waals surface area contributed by atoms with Gasteiger partial charge in [-0.2, -0.15) is 20.5 Å². The zero-order chi connectivity index (χ0) is 26.5. The number of rotatable bonds is 8. The highest BCUT2D eigenvalue weighted by Crippen LogP contribution is 2.45. The van der Waals surface area contributed by atoms with Crippen LogP contribution in [0.5, 0.6) is 23.1 Å². The lowest BCUT2D eigenvalue weighted by atomic mass is 10.1. The van der Waals surface area contributed by atoms with Crippen molar-refractivity contribution in [2.24, 2.45) is 0 Å². The molecule has 1 fully saturated rings. The highest BCUT2D eigenvalue weighted by Gasteiger charge is 2.21. The first-order valence-electron chi connectivity index (χ1n) is 11.9. The van der Waals surface area contributed by atoms with Gasteiger partial charge in [0, 0.05) is 23.7 Å². The van der Waals surface area contributed by atoms with Crippen molar-refractivity contribution < 1.29 is 18.9 Å². The third-order valence-corrected chi connectivity index (χ3v) is 6.03. The smallest absolute Gasteiger partial charge is 0.232 e. The van der Waals surface area contributed by atoms with Gasteiger partial charge in [0.1, 0.15) is 5.82 Å². The third kappa shape index (κ3) is 5.21. The average molecular weight is 509 g/mol. The van der Waals surface area contributed by atoms with Crippen LogP contribution in [0.4, 0.5) is 17.5 Å². The standard InChI is InChI=1S/C28H24N6O4/c1-35-23-12-19-11-18(15-30)5-8-22(19)26(36-2)27(23)38-25-13-24(31-21-9-10-37-16-21)33-28(34-25)32-20-6-3-17(14-29)4-7-20/h3-8,11-13,21H,9-10,16H2,1-2H3,(H2,31,32,33,34). The molecule has 2 N–H and O–H groups in total. The van der Waals surface area contributed by atoms with E-state index < -0.39 is 0 Å². The van der Waals surface area contributed by atoms with Gasteiger partial charge in [0.05, 0.1) is 50.1 Å². The van der Waals surface area contributed by atoms with E-state index in [1.807, 2.05) is 6.07 Å². The second-order valence-electron chi connectivity index (χ2n) is 8.53. The van der Waals surface area contributed by atoms with Gasteiger partial charge in [0.25, 0.3) is 0 Å². The van der Waals surface area contributed by atoms with Crippen molar-refractivity contribution in [1.82, 2.24) is 9.97 Å². The number of benzene rings is 3. The molecule has 0 saturated carbocycles. The van der Waals surface area contributed by atoms with Gasteiger partial charge < -0.3 is 29.6 Å². The molecule has 1 atom stereocenters. The number of anilines is 3. The minimum atomic E-state index is 0.111. The lowest BCUT2D eigenvalue weighted by Crippen LogP contribution is -2.20. The van der Waals surface area contributed by atoms with Crippen LogP contribution in [0, 0.1) is 22.7 Å². The maximum Gasteiger partial charge on any atom is 0.232 e. The van der Waals surface area contributed by atoms with Crippen molar-refractivity contribution in [2.45, 2.75) is 12.5 Å². The summed E-state index contributed by atoms with van der Waals surface area (Å²) >= 11 is 0. The summed E-state index contributed by atoms with van der Waals surface area (Å²) in [6.45, 7) is 1.26. The first-order valence-corrected chi connectivity index (χ1v) is 11.9. The number of hydrogen-bond donors (Lipinski definition) is 2. The maximum atomic E-state index is 9.30. The molecule has 1 saturated heterocycles. The molecule has 38 heavy (non-hydrogen) atoms. The van der Waals surface area contributed by atoms with E-state index in [-0.39, 0.29) is 11.9 Å². The Hall–Kier alpha value is -5.06. The predicted molar refractivity (Wildman–Crippen MR) is 141 cm³/mol. The van der Waals surface area contributed by atoms with Gasteiger partial charge in [-0.3, -0.25) is 0 Å². The Bertz CT molecular complexity index is 1550. The van der Waals surface area contributed by atoms with E-state index in [0.717, 1.165) is 17.2 Å². The summed E-state index contributed by atoms with van der Waals surface area (Å²) in [5.74, 6) is 2.31. The first-order chi connectivity index (χ1) is 18.6. The molecule has 4 aromatic rings. The number of aromatic nitrogens is 2. The minimum absolute atomic E-state index is 0.111. The summed E-state index contributed by atoms with van der Waals surface area (Å²) in [4.78, 5) is 9.17. The molecule has 0 amide bonds. The van der Waals surface area contributed by atoms with E-state index >= 15 is 0 Å². The van der Waals surface area contributed by atoms with E-state index in [0.29, 0.717) is 59.0 Å². The summed E-state index contributed by atoms with van der Waals surface area (Å²) in [7, 11) is 3.08. The molecule has 0 radical (unpaired) electrons. The molecule has 1 aromatic heterocycles. The van der Waals surface area contributed by atoms with Crippen LogP contribution >= 0.6 is 0 Å². The minimum Gasteiger partial charge on any atom is -0.493 e. The van der Waals surface area contributed by atoms with Crippen LogP contribution in [-0.2, 0) is 4.74 Å². The molecule has 1 unspecified atom stereocenters. The van der Waals surface area contributed by atoms with Crippen LogP contribution in [0.2, 0.25) is 0 Å². The third-order valence-electron chi connectivity index (χ3n) is 6.03. The Morgan fingerprint density at radius 1 is 0.921 bits per heavy atom. The molecular formula is C28H24N6O4. The molecule has 3 aromatic carbocycles. The van der Waals surface area contributed by atoms with E-state index in [2.05, 4.69) is 32.7 Å². The topological polar surface area (TPSA) is 134 Å². The Morgan fingerprint density at radius 2 is 1.71 bits per heavy atom. The van der Waals surface area contributed by atoms with Crippen molar-refractivity contribution in [3.8, 4) is 35.3 Å². The number of fused-ring (bicyclic) bond motifs is 1. The second kappa shape index (κ2) is 10.9. The highest BCUT2D eigenvalue weighted by atomic mass is 16.5. The van der Waals surface area contributed by atoms with Crippen LogP contribution in [0.1, 0.15) is 17.5 Å². The maximum absolute atomic E-state index is 9.30. The molecule has 1 aliphatic rings. The van der Waals surface area contributed by atoms with Crippen molar-refractivity contribution in [3.63, 3.8) is 0 Å². The number of methoxy groups -OCH3 is 2. The van der Waals surface area contributed by atoms with Gasteiger partial charge in [-0.15, -0.1) is 0 Å². The van der Waals surface area contributed by atoms with E-state index in [1.165, 1.54) is 7.11 Å². The molecule has 10 nitrogen and oxygen atoms in total. The summed E-state index contributed by atoms with van der Waals surface area (Å²) < 4.78 is 23.1. The number of nitriles is 2. The Kier molecular flexibility index (Phi) is 7.07. The van der Waals surface area contributed by atoms with Gasteiger partial charge in [0.15, 0.2) is 11.5 Å². The normalized spacial score (nSPS) is 14.4. The van der Waals surface area contributed by atoms with Crippen LogP contribution in [0.15, 0.2) is 54.6 Å². The summed E-state index contributed by atoms with van der Waals surface area (Å²) in [6.07, 6.45) is 0.857. The van der Waals surface area contributed by atoms with Crippen molar-refractivity contribution >= 4 is 28.2 Å². The quantitative estimate of drug-likeness (QED) is 0.330. The lowest BCUT2D eigenvalue weighted by Gasteiger charge is -2.18. The highest BCUT2D eigenvalue weighted by molar-refractivity contribution is 5.94. The molecule has 0 spiro atoms. The number of nitrogens with one attached hydrogen (secondary N) is 2. The molecule has 190 valence electrons. The Balaban J connectivity index is 1.54. The molecule has 5 rings (SSSR count). The molecule has 0 bridgehead atoms. The average Bonchev–Trinajstić information content (AvgIpc) is 3.45. The predicted octanol–water partition coefficient (Wildman–Crippen LogP) is 5.13. The summed E-state index contributed by atoms with van der Waals surface area (Å²) in [5, 5.41) is 26.5. The fourth-order valence-corrected chi connectivity index (χ4v) is 4.18. The van der Waals surface area contributed by atoms with Crippen molar-refractivity contribution in [3.05, 3.63) is 65.7 Å². The van der Waals surface area contributed by atoms with Gasteiger partial charge in [-0.1, -0.05) is 0 Å². The lowest BCUT2D eigenvalue weighted by molar-refractivity contribution is 0.195. The molecule has 1 aliphatic heterocycles. The van der Waals surface area contributed by atoms with Crippen molar-refractivity contribution in [1.29, 1.82) is 10.5 Å². The van der Waals surface area contributed by atoms with E-state index in [1.54, 1.807) is 55.6 Å². The Labute approximate surface area is 219 Å². The fourth-order valence-electron chi connectivity index (χ4n) is 4.18. The van der Waals surface area contributed by atoms with Crippen LogP contribution < -0.4 is 24.8 Å². The van der Waals surface area contributed by atoms with Crippen LogP contribution in [-0.4, -0.2) is 43.4 Å². The molecule has 2 heterocycles. The fraction of sp³-hybridized carbons (Fsp3) is 0.214. The van der Waals surface area contributed by atoms with E-state index in [4.69, 9.17) is 24.2 Å². The SMILES string of the molecule is COc1cc2cc(C#N)ccc2c(OC)c1Oc1cc(NC2CCOC2)nc(Nc2ccc(C#N)cc2)n1. The number of hydrogen-bond acceptors (Lipinski definition) is 10. The molecule has 0 aliphatic carbocycles. The van der Waals surface area contributed by atoms with Gasteiger partial charge in [-0.25, -0.2) is 0 Å². The Morgan fingerprint density at radius 3 is 2.39 bits per heavy atom. The number of ether oxygens (including phenoxy) is 4. The van der Waals surface area contributed by atoms with Gasteiger partial charge in [0.2, 0.25) is 17.6 Å².